The number of rotatable bonds is 5. The number of carbonyl (C=O) groups is 3. The number of hydrogen-bond donors (Lipinski definition) is 0. The number of fused-ring (bicyclic) bond motifs is 3. The fraction of sp³-hybridized carbons (Fsp3) is 0.800. The second kappa shape index (κ2) is 9.05. The predicted octanol–water partition coefficient (Wildman–Crippen LogP) is 3.64. The van der Waals surface area contributed by atoms with Crippen LogP contribution in [0.5, 0.6) is 0 Å². The fourth-order valence-electron chi connectivity index (χ4n) is 6.91. The van der Waals surface area contributed by atoms with E-state index in [0.717, 1.165) is 37.7 Å². The van der Waals surface area contributed by atoms with Crippen molar-refractivity contribution in [3.05, 3.63) is 11.6 Å². The van der Waals surface area contributed by atoms with Gasteiger partial charge in [-0.05, 0) is 69.9 Å². The number of carbonyl (C=O) groups excluding carboxylic acids is 3. The standard InChI is InChI=1S/C25H39NO5/c1-16-17(14-21(28)31-13-12-26(4)5)8-9-18-22(16)19(27)15-20-24(18,2)10-7-11-25(20,3)23(29)30-6/h14,16,18,20,22H,7-13,15H2,1-6H3/b17-14-/t16-,18-,20-,22-,24+,25-/m0/s1. The molecule has 174 valence electrons. The van der Waals surface area contributed by atoms with Crippen LogP contribution in [0, 0.1) is 34.5 Å². The molecule has 0 N–H and O–H groups in total. The first-order valence-corrected chi connectivity index (χ1v) is 11.7. The molecule has 0 aromatic heterocycles. The summed E-state index contributed by atoms with van der Waals surface area (Å²) in [5.41, 5.74) is 0.363. The quantitative estimate of drug-likeness (QED) is 0.487. The molecule has 0 heterocycles. The van der Waals surface area contributed by atoms with Crippen LogP contribution >= 0.6 is 0 Å². The lowest BCUT2D eigenvalue weighted by molar-refractivity contribution is -0.178. The van der Waals surface area contributed by atoms with Crippen molar-refractivity contribution < 1.29 is 23.9 Å². The molecule has 0 aliphatic heterocycles. The zero-order valence-electron chi connectivity index (χ0n) is 20.0. The van der Waals surface area contributed by atoms with Gasteiger partial charge in [-0.1, -0.05) is 25.8 Å². The Balaban J connectivity index is 1.81. The number of methoxy groups -OCH3 is 1. The molecular formula is C25H39NO5. The van der Waals surface area contributed by atoms with E-state index in [1.807, 2.05) is 25.9 Å². The van der Waals surface area contributed by atoms with Crippen molar-refractivity contribution in [2.45, 2.75) is 59.3 Å². The smallest absolute Gasteiger partial charge is 0.330 e. The van der Waals surface area contributed by atoms with Gasteiger partial charge in [-0.15, -0.1) is 0 Å². The zero-order valence-corrected chi connectivity index (χ0v) is 20.0. The Labute approximate surface area is 186 Å². The second-order valence-electron chi connectivity index (χ2n) is 10.6. The van der Waals surface area contributed by atoms with E-state index in [2.05, 4.69) is 13.8 Å². The van der Waals surface area contributed by atoms with Gasteiger partial charge in [0.15, 0.2) is 0 Å². The SMILES string of the molecule is COC(=O)[C@@]1(C)CCC[C@]2(C)[C@H]3CC/C(=C/C(=O)OCCN(C)C)[C@H](C)[C@@H]3C(=O)C[C@@H]21. The van der Waals surface area contributed by atoms with Gasteiger partial charge in [0, 0.05) is 25.0 Å². The Morgan fingerprint density at radius 2 is 1.94 bits per heavy atom. The van der Waals surface area contributed by atoms with E-state index in [9.17, 15) is 14.4 Å². The van der Waals surface area contributed by atoms with Gasteiger partial charge in [0.05, 0.1) is 12.5 Å². The summed E-state index contributed by atoms with van der Waals surface area (Å²) in [6, 6.07) is 0. The average molecular weight is 434 g/mol. The van der Waals surface area contributed by atoms with Gasteiger partial charge in [-0.3, -0.25) is 9.59 Å². The maximum absolute atomic E-state index is 13.4. The fourth-order valence-corrected chi connectivity index (χ4v) is 6.91. The van der Waals surface area contributed by atoms with E-state index in [4.69, 9.17) is 9.47 Å². The van der Waals surface area contributed by atoms with Crippen LogP contribution in [0.15, 0.2) is 11.6 Å². The first-order valence-electron chi connectivity index (χ1n) is 11.7. The van der Waals surface area contributed by atoms with Crippen LogP contribution in [0.4, 0.5) is 0 Å². The number of esters is 2. The number of ether oxygens (including phenoxy) is 2. The first kappa shape index (κ1) is 24.0. The highest BCUT2D eigenvalue weighted by Crippen LogP contribution is 2.64. The summed E-state index contributed by atoms with van der Waals surface area (Å²) in [7, 11) is 5.33. The van der Waals surface area contributed by atoms with Gasteiger partial charge < -0.3 is 14.4 Å². The minimum atomic E-state index is -0.599. The Hall–Kier alpha value is -1.69. The summed E-state index contributed by atoms with van der Waals surface area (Å²) in [6.45, 7) is 7.42. The molecule has 0 amide bonds. The van der Waals surface area contributed by atoms with Gasteiger partial charge in [-0.2, -0.15) is 0 Å². The second-order valence-corrected chi connectivity index (χ2v) is 10.6. The zero-order chi connectivity index (χ0) is 23.0. The van der Waals surface area contributed by atoms with Crippen LogP contribution in [-0.4, -0.2) is 57.0 Å². The molecule has 0 aromatic rings. The summed E-state index contributed by atoms with van der Waals surface area (Å²) >= 11 is 0. The first-order chi connectivity index (χ1) is 14.5. The summed E-state index contributed by atoms with van der Waals surface area (Å²) in [6.07, 6.45) is 6.52. The van der Waals surface area contributed by atoms with Crippen LogP contribution in [0.2, 0.25) is 0 Å². The molecule has 0 radical (unpaired) electrons. The largest absolute Gasteiger partial charge is 0.469 e. The minimum absolute atomic E-state index is 0.0173. The molecule has 3 saturated carbocycles. The monoisotopic (exact) mass is 433 g/mol. The van der Waals surface area contributed by atoms with E-state index in [-0.39, 0.29) is 46.8 Å². The lowest BCUT2D eigenvalue weighted by Crippen LogP contribution is -2.59. The average Bonchev–Trinajstić information content (AvgIpc) is 2.70. The van der Waals surface area contributed by atoms with Crippen molar-refractivity contribution in [2.75, 3.05) is 34.4 Å². The molecule has 0 unspecified atom stereocenters. The third kappa shape index (κ3) is 4.33. The molecule has 31 heavy (non-hydrogen) atoms. The molecular weight excluding hydrogens is 394 g/mol. The van der Waals surface area contributed by atoms with Crippen LogP contribution in [0.3, 0.4) is 0 Å². The molecule has 6 atom stereocenters. The summed E-state index contributed by atoms with van der Waals surface area (Å²) < 4.78 is 10.5. The molecule has 0 spiro atoms. The van der Waals surface area contributed by atoms with Gasteiger partial charge >= 0.3 is 11.9 Å². The third-order valence-electron chi connectivity index (χ3n) is 8.64. The molecule has 0 aromatic carbocycles. The summed E-state index contributed by atoms with van der Waals surface area (Å²) in [5, 5.41) is 0. The van der Waals surface area contributed by atoms with E-state index < -0.39 is 5.41 Å². The van der Waals surface area contributed by atoms with E-state index in [1.165, 1.54) is 7.11 Å². The highest BCUT2D eigenvalue weighted by Gasteiger charge is 2.62. The van der Waals surface area contributed by atoms with Crippen LogP contribution in [-0.2, 0) is 23.9 Å². The molecule has 0 saturated heterocycles. The number of allylic oxidation sites excluding steroid dienone is 1. The van der Waals surface area contributed by atoms with Crippen LogP contribution in [0.1, 0.15) is 59.3 Å². The van der Waals surface area contributed by atoms with Gasteiger partial charge in [0.25, 0.3) is 0 Å². The maximum atomic E-state index is 13.4. The van der Waals surface area contributed by atoms with Gasteiger partial charge in [-0.25, -0.2) is 4.79 Å². The Bertz CT molecular complexity index is 759. The molecule has 6 nitrogen and oxygen atoms in total. The minimum Gasteiger partial charge on any atom is -0.469 e. The Morgan fingerprint density at radius 1 is 1.23 bits per heavy atom. The van der Waals surface area contributed by atoms with Crippen molar-refractivity contribution in [1.29, 1.82) is 0 Å². The van der Waals surface area contributed by atoms with Crippen molar-refractivity contribution in [3.63, 3.8) is 0 Å². The highest BCUT2D eigenvalue weighted by molar-refractivity contribution is 5.87. The third-order valence-corrected chi connectivity index (χ3v) is 8.64. The molecule has 6 heteroatoms. The molecule has 3 aliphatic rings. The van der Waals surface area contributed by atoms with Gasteiger partial charge in [0.1, 0.15) is 12.4 Å². The van der Waals surface area contributed by atoms with Crippen molar-refractivity contribution in [2.24, 2.45) is 34.5 Å². The summed E-state index contributed by atoms with van der Waals surface area (Å²) in [5.74, 6) is -0.0650. The van der Waals surface area contributed by atoms with E-state index in [0.29, 0.717) is 19.6 Å². The topological polar surface area (TPSA) is 72.9 Å². The maximum Gasteiger partial charge on any atom is 0.330 e. The number of Topliss-reactive ketones (excluding diaryl/α,β-unsaturated/α-hetero) is 1. The van der Waals surface area contributed by atoms with Crippen molar-refractivity contribution in [3.8, 4) is 0 Å². The van der Waals surface area contributed by atoms with Crippen LogP contribution in [0.25, 0.3) is 0 Å². The predicted molar refractivity (Wildman–Crippen MR) is 118 cm³/mol. The van der Waals surface area contributed by atoms with Gasteiger partial charge in [0.2, 0.25) is 0 Å². The lowest BCUT2D eigenvalue weighted by atomic mass is 9.43. The molecule has 3 aliphatic carbocycles. The summed E-state index contributed by atoms with van der Waals surface area (Å²) in [4.78, 5) is 40.4. The normalized spacial score (nSPS) is 39.1. The van der Waals surface area contributed by atoms with Crippen molar-refractivity contribution in [1.82, 2.24) is 4.90 Å². The number of ketones is 1. The van der Waals surface area contributed by atoms with E-state index in [1.54, 1.807) is 6.08 Å². The molecule has 3 fully saturated rings. The molecule has 3 rings (SSSR count). The number of likely N-dealkylation sites (N-methyl/N-ethyl adjacent to an activating group) is 1. The Kier molecular flexibility index (Phi) is 6.99. The lowest BCUT2D eigenvalue weighted by Gasteiger charge is -2.60. The number of hydrogen-bond acceptors (Lipinski definition) is 6. The van der Waals surface area contributed by atoms with E-state index >= 15 is 0 Å². The molecule has 0 bridgehead atoms. The number of nitrogens with zero attached hydrogens (tertiary/aromatic N) is 1. The Morgan fingerprint density at radius 3 is 2.58 bits per heavy atom. The van der Waals surface area contributed by atoms with Crippen LogP contribution < -0.4 is 0 Å². The van der Waals surface area contributed by atoms with Crippen molar-refractivity contribution >= 4 is 17.7 Å². The highest BCUT2D eigenvalue weighted by atomic mass is 16.5.